The first-order valence-corrected chi connectivity index (χ1v) is 6.11. The molecule has 0 radical (unpaired) electrons. The minimum absolute atomic E-state index is 0. The number of benzene rings is 1. The van der Waals surface area contributed by atoms with Crippen molar-refractivity contribution in [1.82, 2.24) is 4.90 Å². The minimum atomic E-state index is -0.297. The number of hydrogen-bond acceptors (Lipinski definition) is 2. The third kappa shape index (κ3) is 4.33. The molecule has 19 heavy (non-hydrogen) atoms. The molecule has 2 N–H and O–H groups in total. The van der Waals surface area contributed by atoms with Crippen molar-refractivity contribution < 1.29 is 9.18 Å². The molecule has 0 bridgehead atoms. The van der Waals surface area contributed by atoms with E-state index in [1.807, 2.05) is 0 Å². The Hall–Kier alpha value is -1.39. The fraction of sp³-hybridized carbons (Fsp3) is 0.357. The lowest BCUT2D eigenvalue weighted by Gasteiger charge is -2.13. The average molecular weight is 285 g/mol. The Balaban J connectivity index is 0.00000180. The lowest BCUT2D eigenvalue weighted by molar-refractivity contribution is -0.125. The van der Waals surface area contributed by atoms with E-state index in [1.165, 1.54) is 18.2 Å². The molecular weight excluding hydrogens is 267 g/mol. The summed E-state index contributed by atoms with van der Waals surface area (Å²) in [5.41, 5.74) is 6.27. The molecule has 1 amide bonds. The Kier molecular flexibility index (Phi) is 5.99. The zero-order valence-corrected chi connectivity index (χ0v) is 11.4. The van der Waals surface area contributed by atoms with Crippen LogP contribution in [0.2, 0.25) is 0 Å². The molecule has 1 saturated heterocycles. The van der Waals surface area contributed by atoms with Crippen LogP contribution in [0, 0.1) is 11.7 Å². The van der Waals surface area contributed by atoms with Gasteiger partial charge in [-0.2, -0.15) is 0 Å². The smallest absolute Gasteiger partial charge is 0.246 e. The van der Waals surface area contributed by atoms with Crippen LogP contribution in [0.15, 0.2) is 30.3 Å². The molecule has 0 saturated carbocycles. The fourth-order valence-electron chi connectivity index (χ4n) is 2.11. The molecule has 1 aromatic carbocycles. The van der Waals surface area contributed by atoms with Gasteiger partial charge in [0, 0.05) is 19.2 Å². The first-order valence-electron chi connectivity index (χ1n) is 6.11. The van der Waals surface area contributed by atoms with Gasteiger partial charge in [0.1, 0.15) is 5.82 Å². The highest BCUT2D eigenvalue weighted by Crippen LogP contribution is 2.15. The van der Waals surface area contributed by atoms with Crippen LogP contribution in [0.25, 0.3) is 6.08 Å². The quantitative estimate of drug-likeness (QED) is 0.864. The van der Waals surface area contributed by atoms with E-state index in [2.05, 4.69) is 0 Å². The predicted molar refractivity (Wildman–Crippen MR) is 76.4 cm³/mol. The zero-order chi connectivity index (χ0) is 13.0. The number of carbonyl (C=O) groups excluding carboxylic acids is 1. The Morgan fingerprint density at radius 2 is 2.32 bits per heavy atom. The summed E-state index contributed by atoms with van der Waals surface area (Å²) in [5, 5.41) is 0. The number of nitrogens with zero attached hydrogens (tertiary/aromatic N) is 1. The van der Waals surface area contributed by atoms with Gasteiger partial charge in [0.25, 0.3) is 0 Å². The standard InChI is InChI=1S/C14H17FN2O.ClH/c15-13-3-1-2-11(8-13)4-5-14(18)17-7-6-12(9-16)10-17;/h1-5,8,12H,6-7,9-10,16H2;1H. The molecule has 3 nitrogen and oxygen atoms in total. The van der Waals surface area contributed by atoms with Crippen molar-refractivity contribution in [1.29, 1.82) is 0 Å². The van der Waals surface area contributed by atoms with Crippen LogP contribution in [0.4, 0.5) is 4.39 Å². The van der Waals surface area contributed by atoms with E-state index in [1.54, 1.807) is 23.1 Å². The van der Waals surface area contributed by atoms with E-state index in [0.717, 1.165) is 19.5 Å². The van der Waals surface area contributed by atoms with Crippen LogP contribution in [0.1, 0.15) is 12.0 Å². The second-order valence-corrected chi connectivity index (χ2v) is 4.56. The number of amides is 1. The van der Waals surface area contributed by atoms with Crippen molar-refractivity contribution in [2.24, 2.45) is 11.7 Å². The van der Waals surface area contributed by atoms with Crippen molar-refractivity contribution in [2.45, 2.75) is 6.42 Å². The van der Waals surface area contributed by atoms with Crippen molar-refractivity contribution >= 4 is 24.4 Å². The van der Waals surface area contributed by atoms with Gasteiger partial charge in [0.05, 0.1) is 0 Å². The van der Waals surface area contributed by atoms with Gasteiger partial charge in [0.2, 0.25) is 5.91 Å². The minimum Gasteiger partial charge on any atom is -0.339 e. The SMILES string of the molecule is Cl.NCC1CCN(C(=O)C=Cc2cccc(F)c2)C1. The number of likely N-dealkylation sites (tertiary alicyclic amines) is 1. The lowest BCUT2D eigenvalue weighted by Crippen LogP contribution is -2.28. The molecular formula is C14H18ClFN2O. The number of halogens is 2. The highest BCUT2D eigenvalue weighted by atomic mass is 35.5. The van der Waals surface area contributed by atoms with Crippen LogP contribution in [-0.4, -0.2) is 30.4 Å². The molecule has 1 aliphatic rings. The van der Waals surface area contributed by atoms with Crippen LogP contribution in [0.3, 0.4) is 0 Å². The third-order valence-electron chi connectivity index (χ3n) is 3.20. The van der Waals surface area contributed by atoms with E-state index >= 15 is 0 Å². The molecule has 5 heteroatoms. The molecule has 104 valence electrons. The van der Waals surface area contributed by atoms with Gasteiger partial charge in [-0.25, -0.2) is 4.39 Å². The molecule has 1 heterocycles. The second-order valence-electron chi connectivity index (χ2n) is 4.56. The van der Waals surface area contributed by atoms with Gasteiger partial charge < -0.3 is 10.6 Å². The highest BCUT2D eigenvalue weighted by molar-refractivity contribution is 5.91. The summed E-state index contributed by atoms with van der Waals surface area (Å²) in [7, 11) is 0. The molecule has 0 spiro atoms. The van der Waals surface area contributed by atoms with Gasteiger partial charge in [-0.1, -0.05) is 12.1 Å². The van der Waals surface area contributed by atoms with E-state index in [4.69, 9.17) is 5.73 Å². The summed E-state index contributed by atoms with van der Waals surface area (Å²) in [4.78, 5) is 13.7. The molecule has 0 aromatic heterocycles. The number of hydrogen-bond donors (Lipinski definition) is 1. The number of nitrogens with two attached hydrogens (primary N) is 1. The summed E-state index contributed by atoms with van der Waals surface area (Å²) in [5.74, 6) is 0.0840. The highest BCUT2D eigenvalue weighted by Gasteiger charge is 2.23. The Labute approximate surface area is 118 Å². The van der Waals surface area contributed by atoms with E-state index in [0.29, 0.717) is 18.0 Å². The summed E-state index contributed by atoms with van der Waals surface area (Å²) < 4.78 is 12.9. The Morgan fingerprint density at radius 3 is 2.95 bits per heavy atom. The second kappa shape index (κ2) is 7.26. The molecule has 1 atom stereocenters. The van der Waals surface area contributed by atoms with E-state index in [9.17, 15) is 9.18 Å². The lowest BCUT2D eigenvalue weighted by atomic mass is 10.1. The Bertz CT molecular complexity index is 465. The number of carbonyl (C=O) groups is 1. The maximum atomic E-state index is 12.9. The fourth-order valence-corrected chi connectivity index (χ4v) is 2.11. The van der Waals surface area contributed by atoms with Crippen LogP contribution < -0.4 is 5.73 Å². The Morgan fingerprint density at radius 1 is 1.53 bits per heavy atom. The normalized spacial score (nSPS) is 18.6. The van der Waals surface area contributed by atoms with Gasteiger partial charge in [0.15, 0.2) is 0 Å². The molecule has 1 unspecified atom stereocenters. The summed E-state index contributed by atoms with van der Waals surface area (Å²) in [6.45, 7) is 2.11. The van der Waals surface area contributed by atoms with Crippen LogP contribution in [-0.2, 0) is 4.79 Å². The first-order chi connectivity index (χ1) is 8.69. The summed E-state index contributed by atoms with van der Waals surface area (Å²) in [6.07, 6.45) is 4.10. The van der Waals surface area contributed by atoms with E-state index < -0.39 is 0 Å². The topological polar surface area (TPSA) is 46.3 Å². The monoisotopic (exact) mass is 284 g/mol. The van der Waals surface area contributed by atoms with E-state index in [-0.39, 0.29) is 24.1 Å². The average Bonchev–Trinajstić information content (AvgIpc) is 2.85. The van der Waals surface area contributed by atoms with Crippen molar-refractivity contribution in [3.8, 4) is 0 Å². The maximum Gasteiger partial charge on any atom is 0.246 e. The van der Waals surface area contributed by atoms with Gasteiger partial charge in [-0.15, -0.1) is 12.4 Å². The molecule has 2 rings (SSSR count). The molecule has 0 aliphatic carbocycles. The largest absolute Gasteiger partial charge is 0.339 e. The van der Waals surface area contributed by atoms with Crippen molar-refractivity contribution in [3.05, 3.63) is 41.7 Å². The van der Waals surface area contributed by atoms with Crippen LogP contribution >= 0.6 is 12.4 Å². The predicted octanol–water partition coefficient (Wildman–Crippen LogP) is 2.07. The molecule has 1 aliphatic heterocycles. The maximum absolute atomic E-state index is 12.9. The molecule has 1 aromatic rings. The van der Waals surface area contributed by atoms with Crippen LogP contribution in [0.5, 0.6) is 0 Å². The van der Waals surface area contributed by atoms with Crippen molar-refractivity contribution in [2.75, 3.05) is 19.6 Å². The van der Waals surface area contributed by atoms with Crippen molar-refractivity contribution in [3.63, 3.8) is 0 Å². The zero-order valence-electron chi connectivity index (χ0n) is 10.6. The van der Waals surface area contributed by atoms with Gasteiger partial charge in [-0.05, 0) is 42.7 Å². The molecule has 1 fully saturated rings. The summed E-state index contributed by atoms with van der Waals surface area (Å²) >= 11 is 0. The third-order valence-corrected chi connectivity index (χ3v) is 3.20. The number of rotatable bonds is 3. The summed E-state index contributed by atoms with van der Waals surface area (Å²) in [6, 6.07) is 6.17. The first kappa shape index (κ1) is 15.7. The van der Waals surface area contributed by atoms with Gasteiger partial charge >= 0.3 is 0 Å². The van der Waals surface area contributed by atoms with Gasteiger partial charge in [-0.3, -0.25) is 4.79 Å².